The van der Waals surface area contributed by atoms with Crippen molar-refractivity contribution in [3.63, 3.8) is 0 Å². The number of nitrogens with zero attached hydrogens (tertiary/aromatic N) is 5. The number of hydrogen-bond donors (Lipinski definition) is 0. The Bertz CT molecular complexity index is 1280. The summed E-state index contributed by atoms with van der Waals surface area (Å²) in [6.07, 6.45) is 2.36. The van der Waals surface area contributed by atoms with E-state index >= 15 is 0 Å². The number of hydrogen-bond acceptors (Lipinski definition) is 4. The molecule has 1 aliphatic heterocycles. The van der Waals surface area contributed by atoms with E-state index in [1.807, 2.05) is 45.8 Å². The van der Waals surface area contributed by atoms with Crippen molar-refractivity contribution in [2.45, 2.75) is 59.6 Å². The molecule has 0 spiro atoms. The lowest BCUT2D eigenvalue weighted by atomic mass is 10.2. The topological polar surface area (TPSA) is 37.4 Å². The first-order valence-corrected chi connectivity index (χ1v) is 12.4. The van der Waals surface area contributed by atoms with Crippen molar-refractivity contribution in [2.24, 2.45) is 0 Å². The lowest BCUT2D eigenvalue weighted by Gasteiger charge is -2.35. The van der Waals surface area contributed by atoms with Crippen molar-refractivity contribution in [2.75, 3.05) is 9.80 Å². The van der Waals surface area contributed by atoms with Gasteiger partial charge in [-0.25, -0.2) is 0 Å². The molecule has 3 aromatic carbocycles. The molecule has 0 saturated heterocycles. The van der Waals surface area contributed by atoms with Crippen LogP contribution >= 0.6 is 0 Å². The summed E-state index contributed by atoms with van der Waals surface area (Å²) in [5.74, 6) is 0.841. The zero-order valence-corrected chi connectivity index (χ0v) is 21.2. The first-order chi connectivity index (χ1) is 16.9. The average molecular weight is 469 g/mol. The van der Waals surface area contributed by atoms with Crippen molar-refractivity contribution in [3.05, 3.63) is 85.1 Å². The molecule has 0 bridgehead atoms. The number of aromatic nitrogens is 3. The summed E-state index contributed by atoms with van der Waals surface area (Å²) in [5.41, 5.74) is 5.59. The van der Waals surface area contributed by atoms with Gasteiger partial charge in [-0.15, -0.1) is 4.68 Å². The van der Waals surface area contributed by atoms with Gasteiger partial charge in [-0.2, -0.15) is 0 Å². The zero-order valence-electron chi connectivity index (χ0n) is 21.2. The minimum absolute atomic E-state index is 0.306. The van der Waals surface area contributed by atoms with Crippen molar-refractivity contribution in [1.29, 1.82) is 0 Å². The molecule has 0 N–H and O–H groups in total. The fourth-order valence-electron chi connectivity index (χ4n) is 5.12. The van der Waals surface area contributed by atoms with Crippen LogP contribution in [0.15, 0.2) is 85.1 Å². The van der Waals surface area contributed by atoms with Gasteiger partial charge in [0.05, 0.1) is 22.8 Å². The molecule has 2 heterocycles. The Morgan fingerprint density at radius 2 is 1.46 bits per heavy atom. The number of para-hydroxylation sites is 1. The Hall–Kier alpha value is -3.80. The Morgan fingerprint density at radius 1 is 0.829 bits per heavy atom. The van der Waals surface area contributed by atoms with E-state index in [-0.39, 0.29) is 0 Å². The average Bonchev–Trinajstić information content (AvgIpc) is 3.42. The number of ether oxygens (including phenoxy) is 1. The quantitative estimate of drug-likeness (QED) is 0.328. The highest BCUT2D eigenvalue weighted by molar-refractivity contribution is 5.79. The lowest BCUT2D eigenvalue weighted by Crippen LogP contribution is -2.47. The van der Waals surface area contributed by atoms with Gasteiger partial charge in [0.15, 0.2) is 11.9 Å². The molecule has 5 rings (SSSR count). The molecular formula is C29H34N5O+. The Balaban J connectivity index is 1.46. The smallest absolute Gasteiger partial charge is 0.254 e. The van der Waals surface area contributed by atoms with Crippen molar-refractivity contribution >= 4 is 11.4 Å². The SMILES string of the molecule is CC(C)N1c2ccc(OC[n+]3nn(-c4ccccc4)cc3-c3ccccc3)cc2N(C(C)C)C1C. The molecular weight excluding hydrogens is 434 g/mol. The van der Waals surface area contributed by atoms with E-state index in [0.717, 1.165) is 22.7 Å². The standard InChI is InChI=1S/C29H34N5O/c1-21(2)33-23(5)34(22(3)4)28-18-26(16-17-27(28)33)35-20-32-29(24-12-8-6-9-13-24)19-31(30-32)25-14-10-7-11-15-25/h6-19,21-23H,20H2,1-5H3/q+1. The van der Waals surface area contributed by atoms with Crippen LogP contribution in [0.25, 0.3) is 16.9 Å². The van der Waals surface area contributed by atoms with E-state index in [0.29, 0.717) is 25.0 Å². The van der Waals surface area contributed by atoms with Crippen molar-refractivity contribution in [3.8, 4) is 22.7 Å². The predicted octanol–water partition coefficient (Wildman–Crippen LogP) is 5.65. The van der Waals surface area contributed by atoms with E-state index in [9.17, 15) is 0 Å². The molecule has 1 aromatic heterocycles. The van der Waals surface area contributed by atoms with Gasteiger partial charge in [-0.05, 0) is 58.9 Å². The van der Waals surface area contributed by atoms with E-state index < -0.39 is 0 Å². The molecule has 0 aliphatic carbocycles. The van der Waals surface area contributed by atoms with E-state index in [1.54, 1.807) is 0 Å². The first kappa shape index (κ1) is 23.0. The van der Waals surface area contributed by atoms with Gasteiger partial charge >= 0.3 is 0 Å². The summed E-state index contributed by atoms with van der Waals surface area (Å²) in [6.45, 7) is 11.6. The van der Waals surface area contributed by atoms with Gasteiger partial charge in [-0.1, -0.05) is 53.2 Å². The van der Waals surface area contributed by atoms with Crippen LogP contribution in [0.3, 0.4) is 0 Å². The van der Waals surface area contributed by atoms with Gasteiger partial charge in [0, 0.05) is 23.7 Å². The predicted molar refractivity (Wildman–Crippen MR) is 141 cm³/mol. The summed E-state index contributed by atoms with van der Waals surface area (Å²) in [6, 6.07) is 27.7. The summed E-state index contributed by atoms with van der Waals surface area (Å²) in [5, 5.41) is 4.82. The molecule has 180 valence electrons. The fourth-order valence-corrected chi connectivity index (χ4v) is 5.12. The second-order valence-electron chi connectivity index (χ2n) is 9.61. The third kappa shape index (κ3) is 4.36. The van der Waals surface area contributed by atoms with Crippen LogP contribution < -0.4 is 19.2 Å². The van der Waals surface area contributed by atoms with Crippen LogP contribution in [-0.2, 0) is 6.73 Å². The normalized spacial score (nSPS) is 15.2. The zero-order chi connectivity index (χ0) is 24.5. The third-order valence-electron chi connectivity index (χ3n) is 6.59. The Labute approximate surface area is 208 Å². The second-order valence-corrected chi connectivity index (χ2v) is 9.61. The van der Waals surface area contributed by atoms with Crippen LogP contribution in [0.5, 0.6) is 5.75 Å². The first-order valence-electron chi connectivity index (χ1n) is 12.4. The van der Waals surface area contributed by atoms with E-state index in [2.05, 4.69) is 93.1 Å². The van der Waals surface area contributed by atoms with Gasteiger partial charge in [0.1, 0.15) is 5.75 Å². The van der Waals surface area contributed by atoms with Crippen LogP contribution in [0.1, 0.15) is 34.6 Å². The van der Waals surface area contributed by atoms with Crippen LogP contribution in [0.2, 0.25) is 0 Å². The maximum atomic E-state index is 6.33. The molecule has 0 fully saturated rings. The number of rotatable bonds is 7. The molecule has 6 heteroatoms. The molecule has 1 aliphatic rings. The second kappa shape index (κ2) is 9.45. The van der Waals surface area contributed by atoms with Gasteiger partial charge in [-0.3, -0.25) is 0 Å². The summed E-state index contributed by atoms with van der Waals surface area (Å²) in [4.78, 5) is 4.94. The van der Waals surface area contributed by atoms with Crippen molar-refractivity contribution < 1.29 is 9.42 Å². The van der Waals surface area contributed by atoms with Gasteiger partial charge in [0.2, 0.25) is 5.69 Å². The molecule has 0 saturated carbocycles. The summed E-state index contributed by atoms with van der Waals surface area (Å²) in [7, 11) is 0. The third-order valence-corrected chi connectivity index (χ3v) is 6.59. The number of anilines is 2. The summed E-state index contributed by atoms with van der Waals surface area (Å²) >= 11 is 0. The van der Waals surface area contributed by atoms with Crippen LogP contribution in [-0.4, -0.2) is 28.1 Å². The monoisotopic (exact) mass is 468 g/mol. The van der Waals surface area contributed by atoms with E-state index in [4.69, 9.17) is 9.95 Å². The Morgan fingerprint density at radius 3 is 2.11 bits per heavy atom. The Kier molecular flexibility index (Phi) is 6.20. The maximum absolute atomic E-state index is 6.33. The minimum Gasteiger partial charge on any atom is -0.452 e. The molecule has 4 aromatic rings. The van der Waals surface area contributed by atoms with Gasteiger partial charge < -0.3 is 14.5 Å². The molecule has 35 heavy (non-hydrogen) atoms. The minimum atomic E-state index is 0.306. The van der Waals surface area contributed by atoms with Gasteiger partial charge in [0.25, 0.3) is 6.73 Å². The van der Waals surface area contributed by atoms with Crippen LogP contribution in [0, 0.1) is 0 Å². The molecule has 1 atom stereocenters. The van der Waals surface area contributed by atoms with Crippen molar-refractivity contribution in [1.82, 2.24) is 9.90 Å². The molecule has 0 amide bonds. The number of benzene rings is 3. The summed E-state index contributed by atoms with van der Waals surface area (Å²) < 4.78 is 10.1. The highest BCUT2D eigenvalue weighted by Crippen LogP contribution is 2.43. The highest BCUT2D eigenvalue weighted by atomic mass is 16.5. The molecule has 0 radical (unpaired) electrons. The maximum Gasteiger partial charge on any atom is 0.254 e. The molecule has 6 nitrogen and oxygen atoms in total. The number of fused-ring (bicyclic) bond motifs is 1. The highest BCUT2D eigenvalue weighted by Gasteiger charge is 2.36. The lowest BCUT2D eigenvalue weighted by molar-refractivity contribution is -0.769. The van der Waals surface area contributed by atoms with E-state index in [1.165, 1.54) is 11.4 Å². The fraction of sp³-hybridized carbons (Fsp3) is 0.310. The van der Waals surface area contributed by atoms with Crippen LogP contribution in [0.4, 0.5) is 11.4 Å². The largest absolute Gasteiger partial charge is 0.452 e. The molecule has 1 unspecified atom stereocenters.